The summed E-state index contributed by atoms with van der Waals surface area (Å²) in [6.07, 6.45) is 4.85. The number of amides is 1. The number of esters is 1. The van der Waals surface area contributed by atoms with E-state index >= 15 is 0 Å². The molecular formula is C23H38FNO4. The lowest BCUT2D eigenvalue weighted by Gasteiger charge is -2.46. The zero-order chi connectivity index (χ0) is 22.6. The number of hydrogen-bond acceptors (Lipinski definition) is 4. The molecule has 1 aliphatic carbocycles. The van der Waals surface area contributed by atoms with Crippen molar-refractivity contribution < 1.29 is 23.5 Å². The summed E-state index contributed by atoms with van der Waals surface area (Å²) in [6, 6.07) is -0.839. The van der Waals surface area contributed by atoms with Gasteiger partial charge in [-0.2, -0.15) is 0 Å². The molecule has 166 valence electrons. The number of halogens is 1. The number of carbonyl (C=O) groups is 2. The SMILES string of the molecule is CCC(C)[C@@H]([C@H](C)OC(=O)[C@H](C)NC(=O)OC(C)(C)C)C1(C)C=CC(F)=CC1C. The molecule has 0 aromatic carbocycles. The molecule has 0 aliphatic heterocycles. The van der Waals surface area contributed by atoms with Crippen molar-refractivity contribution in [2.24, 2.45) is 23.2 Å². The predicted octanol–water partition coefficient (Wildman–Crippen LogP) is 5.56. The maximum Gasteiger partial charge on any atom is 0.408 e. The maximum atomic E-state index is 13.7. The van der Waals surface area contributed by atoms with Gasteiger partial charge in [0, 0.05) is 5.92 Å². The highest BCUT2D eigenvalue weighted by Crippen LogP contribution is 2.47. The summed E-state index contributed by atoms with van der Waals surface area (Å²) in [5.74, 6) is -0.559. The van der Waals surface area contributed by atoms with Gasteiger partial charge in [-0.3, -0.25) is 0 Å². The summed E-state index contributed by atoms with van der Waals surface area (Å²) in [5.41, 5.74) is -1.00. The van der Waals surface area contributed by atoms with Crippen molar-refractivity contribution in [1.82, 2.24) is 5.32 Å². The molecule has 6 heteroatoms. The van der Waals surface area contributed by atoms with Gasteiger partial charge in [0.25, 0.3) is 0 Å². The number of nitrogens with one attached hydrogen (secondary N) is 1. The molecule has 0 spiro atoms. The van der Waals surface area contributed by atoms with Crippen molar-refractivity contribution in [2.45, 2.75) is 86.5 Å². The third-order valence-corrected chi connectivity index (χ3v) is 5.86. The topological polar surface area (TPSA) is 64.6 Å². The largest absolute Gasteiger partial charge is 0.461 e. The van der Waals surface area contributed by atoms with E-state index in [4.69, 9.17) is 9.47 Å². The van der Waals surface area contributed by atoms with Crippen LogP contribution >= 0.6 is 0 Å². The van der Waals surface area contributed by atoms with E-state index in [2.05, 4.69) is 26.1 Å². The molecule has 0 saturated carbocycles. The first-order valence-electron chi connectivity index (χ1n) is 10.5. The van der Waals surface area contributed by atoms with Gasteiger partial charge in [-0.25, -0.2) is 14.0 Å². The van der Waals surface area contributed by atoms with Gasteiger partial charge in [0.2, 0.25) is 0 Å². The van der Waals surface area contributed by atoms with Crippen molar-refractivity contribution in [3.05, 3.63) is 24.1 Å². The first-order chi connectivity index (χ1) is 13.2. The van der Waals surface area contributed by atoms with Gasteiger partial charge in [-0.15, -0.1) is 0 Å². The smallest absolute Gasteiger partial charge is 0.408 e. The zero-order valence-corrected chi connectivity index (χ0v) is 19.3. The van der Waals surface area contributed by atoms with E-state index in [0.29, 0.717) is 0 Å². The van der Waals surface area contributed by atoms with Crippen LogP contribution in [0.15, 0.2) is 24.1 Å². The third-order valence-electron chi connectivity index (χ3n) is 5.86. The molecular weight excluding hydrogens is 373 g/mol. The van der Waals surface area contributed by atoms with Crippen molar-refractivity contribution in [1.29, 1.82) is 0 Å². The minimum atomic E-state index is -0.839. The molecule has 1 rings (SSSR count). The lowest BCUT2D eigenvalue weighted by Crippen LogP contribution is -2.47. The maximum absolute atomic E-state index is 13.7. The van der Waals surface area contributed by atoms with Gasteiger partial charge in [0.15, 0.2) is 0 Å². The van der Waals surface area contributed by atoms with Gasteiger partial charge in [0.05, 0.1) is 0 Å². The Bertz CT molecular complexity index is 652. The molecule has 29 heavy (non-hydrogen) atoms. The first-order valence-corrected chi connectivity index (χ1v) is 10.5. The van der Waals surface area contributed by atoms with Crippen LogP contribution in [0.4, 0.5) is 9.18 Å². The van der Waals surface area contributed by atoms with Crippen LogP contribution in [0.5, 0.6) is 0 Å². The van der Waals surface area contributed by atoms with Gasteiger partial charge < -0.3 is 14.8 Å². The minimum absolute atomic E-state index is 0.0132. The fourth-order valence-electron chi connectivity index (χ4n) is 4.04. The fourth-order valence-corrected chi connectivity index (χ4v) is 4.04. The molecule has 1 amide bonds. The summed E-state index contributed by atoms with van der Waals surface area (Å²) in [4.78, 5) is 24.5. The average molecular weight is 412 g/mol. The number of alkyl carbamates (subject to hydrolysis) is 1. The average Bonchev–Trinajstić information content (AvgIpc) is 2.56. The Morgan fingerprint density at radius 3 is 2.34 bits per heavy atom. The van der Waals surface area contributed by atoms with E-state index < -0.39 is 29.8 Å². The van der Waals surface area contributed by atoms with Crippen LogP contribution in [0, 0.1) is 23.2 Å². The Hall–Kier alpha value is -1.85. The lowest BCUT2D eigenvalue weighted by molar-refractivity contribution is -0.157. The summed E-state index contributed by atoms with van der Waals surface area (Å²) in [6.45, 7) is 17.0. The van der Waals surface area contributed by atoms with Crippen LogP contribution in [-0.4, -0.2) is 29.8 Å². The molecule has 0 aromatic heterocycles. The van der Waals surface area contributed by atoms with E-state index in [0.717, 1.165) is 6.42 Å². The predicted molar refractivity (Wildman–Crippen MR) is 113 cm³/mol. The van der Waals surface area contributed by atoms with Crippen LogP contribution in [0.2, 0.25) is 0 Å². The molecule has 0 heterocycles. The molecule has 0 radical (unpaired) electrons. The number of hydrogen-bond donors (Lipinski definition) is 1. The Morgan fingerprint density at radius 2 is 1.86 bits per heavy atom. The lowest BCUT2D eigenvalue weighted by atomic mass is 9.60. The molecule has 0 saturated heterocycles. The van der Waals surface area contributed by atoms with E-state index in [1.54, 1.807) is 33.8 Å². The summed E-state index contributed by atoms with van der Waals surface area (Å²) in [7, 11) is 0. The van der Waals surface area contributed by atoms with Crippen molar-refractivity contribution in [3.63, 3.8) is 0 Å². The normalized spacial score (nSPS) is 26.0. The Labute approximate surface area is 175 Å². The summed E-state index contributed by atoms with van der Waals surface area (Å²) in [5, 5.41) is 2.52. The Morgan fingerprint density at radius 1 is 1.28 bits per heavy atom. The third kappa shape index (κ3) is 6.86. The molecule has 0 fully saturated rings. The van der Waals surface area contributed by atoms with Crippen LogP contribution in [0.1, 0.15) is 68.7 Å². The number of carbonyl (C=O) groups excluding carboxylic acids is 2. The first kappa shape index (κ1) is 25.2. The number of allylic oxidation sites excluding steroid dienone is 4. The standard InChI is InChI=1S/C23H38FNO4/c1-10-14(2)19(23(9)12-11-18(24)13-15(23)3)17(5)28-20(26)16(4)25-21(27)29-22(6,7)8/h11-17,19H,10H2,1-9H3,(H,25,27)/t14?,15?,16-,17-,19-,23?/m0/s1. The van der Waals surface area contributed by atoms with E-state index in [-0.39, 0.29) is 29.0 Å². The quantitative estimate of drug-likeness (QED) is 0.557. The minimum Gasteiger partial charge on any atom is -0.461 e. The number of ether oxygens (including phenoxy) is 2. The highest BCUT2D eigenvalue weighted by Gasteiger charge is 2.44. The van der Waals surface area contributed by atoms with Gasteiger partial charge in [-0.1, -0.05) is 40.2 Å². The van der Waals surface area contributed by atoms with Crippen molar-refractivity contribution >= 4 is 12.1 Å². The van der Waals surface area contributed by atoms with Crippen LogP contribution < -0.4 is 5.32 Å². The van der Waals surface area contributed by atoms with Crippen molar-refractivity contribution in [3.8, 4) is 0 Å². The van der Waals surface area contributed by atoms with Gasteiger partial charge in [0.1, 0.15) is 23.6 Å². The van der Waals surface area contributed by atoms with E-state index in [1.807, 2.05) is 19.9 Å². The number of rotatable bonds is 7. The summed E-state index contributed by atoms with van der Waals surface area (Å²) >= 11 is 0. The second-order valence-electron chi connectivity index (χ2n) is 9.46. The monoisotopic (exact) mass is 411 g/mol. The molecule has 0 bridgehead atoms. The molecule has 5 nitrogen and oxygen atoms in total. The fraction of sp³-hybridized carbons (Fsp3) is 0.739. The van der Waals surface area contributed by atoms with Crippen molar-refractivity contribution in [2.75, 3.05) is 0 Å². The molecule has 6 atom stereocenters. The highest BCUT2D eigenvalue weighted by atomic mass is 19.1. The second kappa shape index (κ2) is 9.77. The van der Waals surface area contributed by atoms with Crippen LogP contribution in [0.3, 0.4) is 0 Å². The van der Waals surface area contributed by atoms with E-state index in [1.165, 1.54) is 6.08 Å². The Balaban J connectivity index is 2.91. The highest BCUT2D eigenvalue weighted by molar-refractivity contribution is 5.81. The second-order valence-corrected chi connectivity index (χ2v) is 9.46. The van der Waals surface area contributed by atoms with Gasteiger partial charge >= 0.3 is 12.1 Å². The molecule has 3 unspecified atom stereocenters. The molecule has 0 aromatic rings. The van der Waals surface area contributed by atoms with Crippen LogP contribution in [0.25, 0.3) is 0 Å². The van der Waals surface area contributed by atoms with Crippen LogP contribution in [-0.2, 0) is 14.3 Å². The summed E-state index contributed by atoms with van der Waals surface area (Å²) < 4.78 is 24.7. The van der Waals surface area contributed by atoms with Gasteiger partial charge in [-0.05, 0) is 64.0 Å². The molecule has 1 aliphatic rings. The zero-order valence-electron chi connectivity index (χ0n) is 19.3. The molecule has 1 N–H and O–H groups in total. The Kier molecular flexibility index (Phi) is 8.48. The van der Waals surface area contributed by atoms with E-state index in [9.17, 15) is 14.0 Å².